The number of nitrogens with zero attached hydrogens (tertiary/aromatic N) is 4. The number of hydrogen-bond acceptors (Lipinski definition) is 0. The number of para-hydroxylation sites is 7. The quantitative estimate of drug-likeness (QED) is 0.165. The van der Waals surface area contributed by atoms with E-state index in [4.69, 9.17) is 11.0 Å². The Kier molecular flexibility index (Phi) is 5.90. The topological polar surface area (TPSA) is 19.7 Å². The largest absolute Gasteiger partial charge is 0.309 e. The van der Waals surface area contributed by atoms with Crippen molar-refractivity contribution in [1.82, 2.24) is 18.3 Å². The molecule has 0 unspecified atom stereocenters. The molecule has 0 spiro atoms. The van der Waals surface area contributed by atoms with Crippen molar-refractivity contribution in [2.75, 3.05) is 0 Å². The van der Waals surface area contributed by atoms with E-state index in [0.717, 1.165) is 99.3 Å². The van der Waals surface area contributed by atoms with Gasteiger partial charge in [0.15, 0.2) is 0 Å². The monoisotopic (exact) mass is 822 g/mol. The molecule has 0 saturated heterocycles. The number of hydrogen-bond donors (Lipinski definition) is 0. The van der Waals surface area contributed by atoms with Crippen LogP contribution >= 0.6 is 0 Å². The fourth-order valence-electron chi connectivity index (χ4n) is 10.3. The van der Waals surface area contributed by atoms with E-state index in [1.165, 1.54) is 0 Å². The highest BCUT2D eigenvalue weighted by atomic mass is 15.0. The first-order valence-electron chi connectivity index (χ1n) is 25.4. The Balaban J connectivity index is 0.936. The molecule has 4 aromatic heterocycles. The standard InChI is InChI=1S/C60H38N4/c1-8-25-52(64-58-31-14-7-24-49(58)51-38-42(33-35-60(51)64)63-55-28-11-4-21-46(55)47-22-5-12-29-56(47)63)43(18-1)39-16-15-17-40(36-39)61-57-30-13-6-23-48(57)50-37-41(32-34-59(50)61)62-53-26-9-2-19-44(53)45-20-3-10-27-54(45)62/h1-38H/i2D,4D,9D,11D,19D,21D,26D,28D. The normalized spacial score (nSPS) is 13.8. The molecule has 0 bridgehead atoms. The Hall–Kier alpha value is -8.60. The van der Waals surface area contributed by atoms with Crippen molar-refractivity contribution < 1.29 is 11.0 Å². The number of aromatic nitrogens is 4. The molecule has 0 aliphatic carbocycles. The van der Waals surface area contributed by atoms with Gasteiger partial charge in [-0.1, -0.05) is 139 Å². The van der Waals surface area contributed by atoms with Crippen molar-refractivity contribution in [2.24, 2.45) is 0 Å². The molecule has 0 amide bonds. The molecule has 64 heavy (non-hydrogen) atoms. The van der Waals surface area contributed by atoms with Crippen LogP contribution in [-0.2, 0) is 0 Å². The minimum absolute atomic E-state index is 0.0504. The van der Waals surface area contributed by atoms with Gasteiger partial charge in [0.2, 0.25) is 0 Å². The first-order chi connectivity index (χ1) is 35.1. The third-order valence-corrected chi connectivity index (χ3v) is 13.0. The van der Waals surface area contributed by atoms with E-state index in [0.29, 0.717) is 21.8 Å². The molecule has 298 valence electrons. The molecule has 0 radical (unpaired) electrons. The summed E-state index contributed by atoms with van der Waals surface area (Å²) in [7, 11) is 0. The molecule has 0 saturated carbocycles. The third-order valence-electron chi connectivity index (χ3n) is 13.0. The van der Waals surface area contributed by atoms with Gasteiger partial charge in [-0.2, -0.15) is 0 Å². The number of rotatable bonds is 5. The van der Waals surface area contributed by atoms with Gasteiger partial charge in [0, 0.05) is 65.7 Å². The van der Waals surface area contributed by atoms with Crippen LogP contribution in [0.25, 0.3) is 121 Å². The summed E-state index contributed by atoms with van der Waals surface area (Å²) in [6.45, 7) is 0. The van der Waals surface area contributed by atoms with Crippen molar-refractivity contribution in [3.8, 4) is 33.9 Å². The lowest BCUT2D eigenvalue weighted by molar-refractivity contribution is 1.16. The summed E-state index contributed by atoms with van der Waals surface area (Å²) in [6, 6.07) is 60.5. The summed E-state index contributed by atoms with van der Waals surface area (Å²) in [5.41, 5.74) is 12.1. The first kappa shape index (κ1) is 28.1. The van der Waals surface area contributed by atoms with Crippen molar-refractivity contribution in [3.63, 3.8) is 0 Å². The Morgan fingerprint density at radius 3 is 1.23 bits per heavy atom. The summed E-state index contributed by atoms with van der Waals surface area (Å²) in [4.78, 5) is 0. The second kappa shape index (κ2) is 13.4. The SMILES string of the molecule is [2H]c1c([2H])c([2H])c2c(c1[2H])c1ccccc1n2-c1ccc2c(c1)c1ccccc1n2-c1cccc(-c2ccccc2-n2c3ccccc3c3cc(-n4c5ccccc5c5c([2H])c([2H])c([2H])c([2H])c54)ccc32)c1. The Morgan fingerprint density at radius 2 is 0.672 bits per heavy atom. The Morgan fingerprint density at radius 1 is 0.266 bits per heavy atom. The lowest BCUT2D eigenvalue weighted by atomic mass is 10.0. The summed E-state index contributed by atoms with van der Waals surface area (Å²) in [6.07, 6.45) is 0. The zero-order valence-corrected chi connectivity index (χ0v) is 34.1. The van der Waals surface area contributed by atoms with Gasteiger partial charge in [-0.05, 0) is 96.5 Å². The molecule has 10 aromatic carbocycles. The second-order valence-corrected chi connectivity index (χ2v) is 16.3. The van der Waals surface area contributed by atoms with E-state index in [9.17, 15) is 0 Å². The summed E-state index contributed by atoms with van der Waals surface area (Å²) >= 11 is 0. The highest BCUT2D eigenvalue weighted by Gasteiger charge is 2.20. The Bertz CT molecular complexity index is 4690. The van der Waals surface area contributed by atoms with Crippen LogP contribution in [0.2, 0.25) is 0 Å². The second-order valence-electron chi connectivity index (χ2n) is 16.3. The van der Waals surface area contributed by atoms with Gasteiger partial charge >= 0.3 is 0 Å². The number of fused-ring (bicyclic) bond motifs is 12. The molecule has 0 atom stereocenters. The lowest BCUT2D eigenvalue weighted by Gasteiger charge is -2.16. The van der Waals surface area contributed by atoms with E-state index >= 15 is 0 Å². The zero-order valence-electron chi connectivity index (χ0n) is 42.1. The van der Waals surface area contributed by atoms with E-state index in [2.05, 4.69) is 118 Å². The maximum absolute atomic E-state index is 9.07. The van der Waals surface area contributed by atoms with E-state index in [-0.39, 0.29) is 48.3 Å². The molecule has 14 aromatic rings. The van der Waals surface area contributed by atoms with Crippen LogP contribution in [0.15, 0.2) is 230 Å². The average molecular weight is 823 g/mol. The molecule has 0 aliphatic rings. The van der Waals surface area contributed by atoms with Gasteiger partial charge in [0.1, 0.15) is 0 Å². The van der Waals surface area contributed by atoms with Gasteiger partial charge in [-0.3, -0.25) is 0 Å². The third kappa shape index (κ3) is 4.93. The molecule has 0 fully saturated rings. The predicted octanol–water partition coefficient (Wildman–Crippen LogP) is 15.7. The fraction of sp³-hybridized carbons (Fsp3) is 0. The summed E-state index contributed by atoms with van der Waals surface area (Å²) in [5, 5.41) is 6.65. The molecular weight excluding hydrogens is 777 g/mol. The molecule has 0 N–H and O–H groups in total. The van der Waals surface area contributed by atoms with Crippen LogP contribution in [-0.4, -0.2) is 18.3 Å². The predicted molar refractivity (Wildman–Crippen MR) is 269 cm³/mol. The van der Waals surface area contributed by atoms with Crippen molar-refractivity contribution in [1.29, 1.82) is 0 Å². The van der Waals surface area contributed by atoms with E-state index in [1.54, 1.807) is 0 Å². The fourth-order valence-corrected chi connectivity index (χ4v) is 10.3. The highest BCUT2D eigenvalue weighted by Crippen LogP contribution is 2.41. The Labute approximate surface area is 379 Å². The van der Waals surface area contributed by atoms with Crippen LogP contribution in [0.5, 0.6) is 0 Å². The van der Waals surface area contributed by atoms with Gasteiger partial charge in [0.25, 0.3) is 0 Å². The van der Waals surface area contributed by atoms with Gasteiger partial charge in [-0.15, -0.1) is 0 Å². The van der Waals surface area contributed by atoms with Crippen LogP contribution in [0.1, 0.15) is 11.0 Å². The van der Waals surface area contributed by atoms with Gasteiger partial charge in [-0.25, -0.2) is 0 Å². The minimum Gasteiger partial charge on any atom is -0.309 e. The van der Waals surface area contributed by atoms with Gasteiger partial charge < -0.3 is 18.3 Å². The summed E-state index contributed by atoms with van der Waals surface area (Å²) in [5.74, 6) is 0. The van der Waals surface area contributed by atoms with E-state index in [1.807, 2.05) is 81.9 Å². The van der Waals surface area contributed by atoms with Crippen molar-refractivity contribution >= 4 is 87.2 Å². The minimum atomic E-state index is -0.264. The molecule has 4 nitrogen and oxygen atoms in total. The van der Waals surface area contributed by atoms with Crippen LogP contribution in [0, 0.1) is 0 Å². The molecule has 4 heteroatoms. The van der Waals surface area contributed by atoms with Crippen LogP contribution < -0.4 is 0 Å². The molecule has 0 aliphatic heterocycles. The van der Waals surface area contributed by atoms with Crippen LogP contribution in [0.4, 0.5) is 0 Å². The first-order valence-corrected chi connectivity index (χ1v) is 21.4. The smallest absolute Gasteiger partial charge is 0.0645 e. The zero-order chi connectivity index (χ0) is 48.8. The molecular formula is C60H38N4. The van der Waals surface area contributed by atoms with Crippen molar-refractivity contribution in [3.05, 3.63) is 230 Å². The lowest BCUT2D eigenvalue weighted by Crippen LogP contribution is -1.99. The maximum Gasteiger partial charge on any atom is 0.0645 e. The van der Waals surface area contributed by atoms with Crippen molar-refractivity contribution in [2.45, 2.75) is 0 Å². The van der Waals surface area contributed by atoms with Crippen LogP contribution in [0.3, 0.4) is 0 Å². The molecule has 14 rings (SSSR count). The van der Waals surface area contributed by atoms with Gasteiger partial charge in [0.05, 0.1) is 60.8 Å². The maximum atomic E-state index is 9.07. The van der Waals surface area contributed by atoms with E-state index < -0.39 is 0 Å². The number of benzene rings is 10. The summed E-state index contributed by atoms with van der Waals surface area (Å²) < 4.78 is 78.7. The average Bonchev–Trinajstić information content (AvgIpc) is 4.16. The molecule has 4 heterocycles. The highest BCUT2D eigenvalue weighted by molar-refractivity contribution is 6.14.